The Bertz CT molecular complexity index is 208. The number of carbonyl (C=O) groups is 2. The molecule has 6 nitrogen and oxygen atoms in total. The number of aliphatic hydroxyl groups excluding tert-OH is 2. The predicted molar refractivity (Wildman–Crippen MR) is 73.0 cm³/mol. The summed E-state index contributed by atoms with van der Waals surface area (Å²) in [6, 6.07) is 0. The first-order valence-electron chi connectivity index (χ1n) is 7.23. The Morgan fingerprint density at radius 2 is 1.10 bits per heavy atom. The molecule has 0 unspecified atom stereocenters. The Balaban J connectivity index is 0.000000289. The monoisotopic (exact) mass is 290 g/mol. The van der Waals surface area contributed by atoms with E-state index in [0.29, 0.717) is 26.1 Å². The molecule has 2 heterocycles. The second-order valence-corrected chi connectivity index (χ2v) is 4.51. The molecule has 2 rings (SSSR count). The topological polar surface area (TPSA) is 93.1 Å². The summed E-state index contributed by atoms with van der Waals surface area (Å²) in [5.41, 5.74) is 0. The smallest absolute Gasteiger partial charge is 0.305 e. The number of cyclic esters (lactones) is 2. The van der Waals surface area contributed by atoms with E-state index >= 15 is 0 Å². The van der Waals surface area contributed by atoms with Gasteiger partial charge in [-0.05, 0) is 38.5 Å². The second-order valence-electron chi connectivity index (χ2n) is 4.51. The molecule has 2 fully saturated rings. The molecule has 0 saturated carbocycles. The van der Waals surface area contributed by atoms with Crippen LogP contribution in [0.2, 0.25) is 0 Å². The SMILES string of the molecule is O=C1CCCCCO1.O=C1CCCCCO1.OCCO. The summed E-state index contributed by atoms with van der Waals surface area (Å²) in [4.78, 5) is 20.9. The van der Waals surface area contributed by atoms with Crippen molar-refractivity contribution in [2.45, 2.75) is 51.4 Å². The molecule has 0 bridgehead atoms. The van der Waals surface area contributed by atoms with Gasteiger partial charge in [0.1, 0.15) is 0 Å². The van der Waals surface area contributed by atoms with E-state index in [2.05, 4.69) is 0 Å². The van der Waals surface area contributed by atoms with Gasteiger partial charge in [0.2, 0.25) is 0 Å². The van der Waals surface area contributed by atoms with E-state index in [1.54, 1.807) is 0 Å². The molecule has 2 N–H and O–H groups in total. The first-order valence-corrected chi connectivity index (χ1v) is 7.23. The molecule has 2 aliphatic heterocycles. The van der Waals surface area contributed by atoms with Crippen LogP contribution >= 0.6 is 0 Å². The maximum atomic E-state index is 10.5. The summed E-state index contributed by atoms with van der Waals surface area (Å²) < 4.78 is 9.53. The number of carbonyl (C=O) groups excluding carboxylic acids is 2. The zero-order valence-corrected chi connectivity index (χ0v) is 12.0. The van der Waals surface area contributed by atoms with Gasteiger partial charge in [0.05, 0.1) is 26.4 Å². The van der Waals surface area contributed by atoms with Gasteiger partial charge in [-0.1, -0.05) is 0 Å². The molecule has 0 atom stereocenters. The Hall–Kier alpha value is -1.14. The van der Waals surface area contributed by atoms with Crippen LogP contribution in [-0.2, 0) is 19.1 Å². The van der Waals surface area contributed by atoms with Crippen LogP contribution in [0.5, 0.6) is 0 Å². The van der Waals surface area contributed by atoms with Crippen LogP contribution in [0.3, 0.4) is 0 Å². The average Bonchev–Trinajstić information content (AvgIpc) is 2.84. The molecule has 0 spiro atoms. The number of ether oxygens (including phenoxy) is 2. The van der Waals surface area contributed by atoms with Crippen LogP contribution in [0, 0.1) is 0 Å². The molecular weight excluding hydrogens is 264 g/mol. The van der Waals surface area contributed by atoms with Crippen molar-refractivity contribution in [1.29, 1.82) is 0 Å². The Labute approximate surface area is 120 Å². The molecular formula is C14H26O6. The summed E-state index contributed by atoms with van der Waals surface area (Å²) in [5, 5.41) is 15.2. The van der Waals surface area contributed by atoms with Gasteiger partial charge in [0.25, 0.3) is 0 Å². The van der Waals surface area contributed by atoms with E-state index in [0.717, 1.165) is 38.5 Å². The van der Waals surface area contributed by atoms with Crippen LogP contribution in [-0.4, -0.2) is 48.6 Å². The lowest BCUT2D eigenvalue weighted by Gasteiger charge is -1.93. The van der Waals surface area contributed by atoms with Crippen LogP contribution in [0.25, 0.3) is 0 Å². The molecule has 20 heavy (non-hydrogen) atoms. The summed E-state index contributed by atoms with van der Waals surface area (Å²) in [7, 11) is 0. The van der Waals surface area contributed by atoms with Gasteiger partial charge < -0.3 is 19.7 Å². The minimum atomic E-state index is -0.125. The van der Waals surface area contributed by atoms with Crippen molar-refractivity contribution in [2.24, 2.45) is 0 Å². The molecule has 2 aliphatic rings. The van der Waals surface area contributed by atoms with E-state index in [1.165, 1.54) is 0 Å². The fraction of sp³-hybridized carbons (Fsp3) is 0.857. The van der Waals surface area contributed by atoms with Crippen molar-refractivity contribution in [3.63, 3.8) is 0 Å². The van der Waals surface area contributed by atoms with Crippen molar-refractivity contribution < 1.29 is 29.3 Å². The number of aliphatic hydroxyl groups is 2. The maximum Gasteiger partial charge on any atom is 0.305 e. The van der Waals surface area contributed by atoms with E-state index in [4.69, 9.17) is 19.7 Å². The highest BCUT2D eigenvalue weighted by Gasteiger charge is 2.06. The fourth-order valence-corrected chi connectivity index (χ4v) is 1.61. The van der Waals surface area contributed by atoms with Gasteiger partial charge in [-0.25, -0.2) is 0 Å². The fourth-order valence-electron chi connectivity index (χ4n) is 1.61. The standard InChI is InChI=1S/2C6H10O2.C2H6O2/c2*7-6-4-2-1-3-5-8-6;3-1-2-4/h2*1-5H2;3-4H,1-2H2. The van der Waals surface area contributed by atoms with E-state index in [1.807, 2.05) is 0 Å². The summed E-state index contributed by atoms with van der Waals surface area (Å²) in [5.74, 6) is -0.0509. The summed E-state index contributed by atoms with van der Waals surface area (Å²) >= 11 is 0. The summed E-state index contributed by atoms with van der Waals surface area (Å²) in [6.07, 6.45) is 7.66. The molecule has 0 radical (unpaired) electrons. The molecule has 0 aromatic carbocycles. The largest absolute Gasteiger partial charge is 0.466 e. The van der Waals surface area contributed by atoms with Gasteiger partial charge in [-0.2, -0.15) is 0 Å². The number of esters is 2. The number of hydrogen-bond acceptors (Lipinski definition) is 6. The second kappa shape index (κ2) is 14.3. The molecule has 118 valence electrons. The zero-order valence-electron chi connectivity index (χ0n) is 12.0. The van der Waals surface area contributed by atoms with Gasteiger partial charge in [0, 0.05) is 12.8 Å². The van der Waals surface area contributed by atoms with Gasteiger partial charge in [-0.3, -0.25) is 9.59 Å². The Morgan fingerprint density at radius 3 is 1.45 bits per heavy atom. The third-order valence-corrected chi connectivity index (χ3v) is 2.68. The molecule has 0 aliphatic carbocycles. The molecule has 0 aromatic heterocycles. The predicted octanol–water partition coefficient (Wildman–Crippen LogP) is 1.18. The van der Waals surface area contributed by atoms with Gasteiger partial charge in [0.15, 0.2) is 0 Å². The van der Waals surface area contributed by atoms with Crippen molar-refractivity contribution in [3.8, 4) is 0 Å². The third-order valence-electron chi connectivity index (χ3n) is 2.68. The van der Waals surface area contributed by atoms with Crippen LogP contribution in [0.15, 0.2) is 0 Å². The molecule has 6 heteroatoms. The molecule has 0 amide bonds. The van der Waals surface area contributed by atoms with E-state index in [-0.39, 0.29) is 25.2 Å². The van der Waals surface area contributed by atoms with Crippen molar-refractivity contribution >= 4 is 11.9 Å². The van der Waals surface area contributed by atoms with Crippen molar-refractivity contribution in [3.05, 3.63) is 0 Å². The highest BCUT2D eigenvalue weighted by Crippen LogP contribution is 2.07. The van der Waals surface area contributed by atoms with Crippen molar-refractivity contribution in [1.82, 2.24) is 0 Å². The van der Waals surface area contributed by atoms with Crippen LogP contribution < -0.4 is 0 Å². The highest BCUT2D eigenvalue weighted by atomic mass is 16.5. The quantitative estimate of drug-likeness (QED) is 0.704. The van der Waals surface area contributed by atoms with Gasteiger partial charge >= 0.3 is 11.9 Å². The van der Waals surface area contributed by atoms with E-state index in [9.17, 15) is 9.59 Å². The zero-order chi connectivity index (χ0) is 15.1. The minimum absolute atomic E-state index is 0.0255. The average molecular weight is 290 g/mol. The normalized spacial score (nSPS) is 18.9. The minimum Gasteiger partial charge on any atom is -0.466 e. The summed E-state index contributed by atoms with van der Waals surface area (Å²) in [6.45, 7) is 1.03. The lowest BCUT2D eigenvalue weighted by Crippen LogP contribution is -2.00. The van der Waals surface area contributed by atoms with Crippen molar-refractivity contribution in [2.75, 3.05) is 26.4 Å². The lowest BCUT2D eigenvalue weighted by molar-refractivity contribution is -0.143. The number of rotatable bonds is 1. The number of hydrogen-bond donors (Lipinski definition) is 2. The van der Waals surface area contributed by atoms with Crippen LogP contribution in [0.1, 0.15) is 51.4 Å². The van der Waals surface area contributed by atoms with Crippen LogP contribution in [0.4, 0.5) is 0 Å². The Kier molecular flexibility index (Phi) is 13.5. The first-order chi connectivity index (χ1) is 9.70. The third kappa shape index (κ3) is 13.3. The molecule has 0 aromatic rings. The first kappa shape index (κ1) is 18.9. The highest BCUT2D eigenvalue weighted by molar-refractivity contribution is 5.69. The maximum absolute atomic E-state index is 10.5. The molecule has 2 saturated heterocycles. The van der Waals surface area contributed by atoms with Gasteiger partial charge in [-0.15, -0.1) is 0 Å². The lowest BCUT2D eigenvalue weighted by atomic mass is 10.2. The Morgan fingerprint density at radius 1 is 0.700 bits per heavy atom. The van der Waals surface area contributed by atoms with E-state index < -0.39 is 0 Å².